The van der Waals surface area contributed by atoms with Crippen molar-refractivity contribution in [2.45, 2.75) is 36.5 Å². The van der Waals surface area contributed by atoms with E-state index in [2.05, 4.69) is 250 Å². The first-order valence-corrected chi connectivity index (χ1v) is 25.9. The van der Waals surface area contributed by atoms with Gasteiger partial charge in [0.1, 0.15) is 11.5 Å². The highest BCUT2D eigenvalue weighted by Crippen LogP contribution is 2.64. The van der Waals surface area contributed by atoms with Crippen molar-refractivity contribution in [3.8, 4) is 94.8 Å². The topological polar surface area (TPSA) is 15.7 Å². The van der Waals surface area contributed by atoms with E-state index < -0.39 is 0 Å². The van der Waals surface area contributed by atoms with Gasteiger partial charge in [-0.05, 0) is 124 Å². The first-order chi connectivity index (χ1) is 37.4. The number of allylic oxidation sites excluding steroid dienone is 4. The molecule has 0 fully saturated rings. The lowest BCUT2D eigenvalue weighted by atomic mass is 9.67. The lowest BCUT2D eigenvalue weighted by Crippen LogP contribution is -2.27. The van der Waals surface area contributed by atoms with Crippen molar-refractivity contribution in [3.05, 3.63) is 285 Å². The molecule has 3 atom stereocenters. The third kappa shape index (κ3) is 6.44. The number of fused-ring (bicyclic) bond motifs is 12. The summed E-state index contributed by atoms with van der Waals surface area (Å²) < 4.78 is 7.69. The molecule has 76 heavy (non-hydrogen) atoms. The molecule has 9 aromatic carbocycles. The van der Waals surface area contributed by atoms with Crippen LogP contribution in [0.1, 0.15) is 103 Å². The molecule has 0 N–H and O–H groups in total. The molecule has 0 aliphatic heterocycles. The van der Waals surface area contributed by atoms with E-state index in [1.165, 1.54) is 77.9 Å². The van der Waals surface area contributed by atoms with E-state index in [1.807, 2.05) is 0 Å². The van der Waals surface area contributed by atoms with Crippen molar-refractivity contribution in [3.63, 3.8) is 0 Å². The molecule has 9 aromatic rings. The number of benzene rings is 9. The summed E-state index contributed by atoms with van der Waals surface area (Å²) in [5.41, 5.74) is 21.7. The minimum atomic E-state index is -0.383. The van der Waals surface area contributed by atoms with Crippen LogP contribution >= 0.6 is 0 Å². The Morgan fingerprint density at radius 3 is 1.03 bits per heavy atom. The summed E-state index contributed by atoms with van der Waals surface area (Å²) in [5.74, 6) is 0.527. The van der Waals surface area contributed by atoms with Gasteiger partial charge in [0.15, 0.2) is 0 Å². The lowest BCUT2D eigenvalue weighted by molar-refractivity contribution is 0.365. The third-order valence-corrected chi connectivity index (χ3v) is 17.0. The van der Waals surface area contributed by atoms with Gasteiger partial charge in [0.2, 0.25) is 0 Å². The Balaban J connectivity index is 1.07. The Bertz CT molecular complexity index is 3900. The van der Waals surface area contributed by atoms with Crippen LogP contribution in [0.25, 0.3) is 33.4 Å². The van der Waals surface area contributed by atoms with Crippen LogP contribution < -0.4 is 14.5 Å². The highest BCUT2D eigenvalue weighted by atomic mass is 16.5. The summed E-state index contributed by atoms with van der Waals surface area (Å²) >= 11 is 0. The molecular formula is C73H48N2O. The average molecular weight is 969 g/mol. The predicted molar refractivity (Wildman–Crippen MR) is 309 cm³/mol. The fourth-order valence-electron chi connectivity index (χ4n) is 14.1. The Morgan fingerprint density at radius 1 is 0.368 bits per heavy atom. The van der Waals surface area contributed by atoms with Gasteiger partial charge < -0.3 is 4.74 Å². The second-order valence-corrected chi connectivity index (χ2v) is 20.7. The van der Waals surface area contributed by atoms with Crippen LogP contribution in [-0.2, 0) is 0 Å². The fourth-order valence-corrected chi connectivity index (χ4v) is 14.1. The van der Waals surface area contributed by atoms with Gasteiger partial charge >= 0.3 is 0 Å². The molecule has 356 valence electrons. The predicted octanol–water partition coefficient (Wildman–Crippen LogP) is 16.3. The molecule has 0 radical (unpaired) electrons. The Hall–Kier alpha value is -9.90. The third-order valence-electron chi connectivity index (χ3n) is 17.0. The summed E-state index contributed by atoms with van der Waals surface area (Å²) in [5, 5.41) is 0. The van der Waals surface area contributed by atoms with Crippen molar-refractivity contribution < 1.29 is 4.74 Å². The average Bonchev–Trinajstić information content (AvgIpc) is 4.24. The van der Waals surface area contributed by atoms with E-state index in [0.29, 0.717) is 11.5 Å². The smallest absolute Gasteiger partial charge is 0.128 e. The van der Waals surface area contributed by atoms with Crippen LogP contribution in [0.15, 0.2) is 218 Å². The number of hydrogen-bond donors (Lipinski definition) is 0. The maximum Gasteiger partial charge on any atom is 0.128 e. The van der Waals surface area contributed by atoms with Crippen LogP contribution in [0.5, 0.6) is 11.5 Å². The monoisotopic (exact) mass is 968 g/mol. The van der Waals surface area contributed by atoms with Crippen molar-refractivity contribution in [2.75, 3.05) is 9.80 Å². The highest BCUT2D eigenvalue weighted by Gasteiger charge is 2.50. The number of nitrogens with zero attached hydrogens (tertiary/aromatic N) is 2. The van der Waals surface area contributed by atoms with Crippen molar-refractivity contribution in [1.82, 2.24) is 0 Å². The lowest BCUT2D eigenvalue weighted by Gasteiger charge is -2.37. The maximum atomic E-state index is 7.69. The number of terminal acetylenes is 4. The largest absolute Gasteiger partial charge is 0.457 e. The quantitative estimate of drug-likeness (QED) is 0.111. The van der Waals surface area contributed by atoms with Crippen LogP contribution in [0.3, 0.4) is 0 Å². The molecule has 0 aromatic heterocycles. The minimum Gasteiger partial charge on any atom is -0.457 e. The van der Waals surface area contributed by atoms with Gasteiger partial charge in [-0.1, -0.05) is 227 Å². The molecule has 5 aliphatic carbocycles. The standard InChI is InChI=1S/C73H48N2O/c1-6-74(7-2)71-62(67-55-33-17-10-26-48(55)49-27-11-18-34-56(49)67)42-46(43-63(71)68-57-35-19-12-28-50(57)51-29-13-20-36-58(51)68)76-47-44-64(69-59-37-21-14-30-52(59)53-31-15-22-38-60(53)69)72(75(8-3)9-4)65(45-47)70-61-39-23-16-32-54(61)66-40-24-25-41-73(66,70)5/h1-4,10-45,66-70H,5H3. The molecule has 0 saturated heterocycles. The molecule has 3 unspecified atom stereocenters. The van der Waals surface area contributed by atoms with E-state index in [1.54, 1.807) is 9.80 Å². The zero-order valence-electron chi connectivity index (χ0n) is 41.8. The summed E-state index contributed by atoms with van der Waals surface area (Å²) in [6.07, 6.45) is 35.2. The van der Waals surface area contributed by atoms with E-state index in [0.717, 1.165) is 33.6 Å². The highest BCUT2D eigenvalue weighted by molar-refractivity contribution is 5.88. The molecule has 0 spiro atoms. The normalized spacial score (nSPS) is 17.8. The second-order valence-electron chi connectivity index (χ2n) is 20.7. The fraction of sp³-hybridized carbons (Fsp3) is 0.0959. The van der Waals surface area contributed by atoms with Crippen LogP contribution in [0.4, 0.5) is 11.4 Å². The van der Waals surface area contributed by atoms with E-state index >= 15 is 0 Å². The van der Waals surface area contributed by atoms with Gasteiger partial charge in [-0.2, -0.15) is 0 Å². The van der Waals surface area contributed by atoms with Crippen molar-refractivity contribution >= 4 is 11.4 Å². The number of hydrogen-bond acceptors (Lipinski definition) is 3. The van der Waals surface area contributed by atoms with Crippen molar-refractivity contribution in [1.29, 1.82) is 0 Å². The maximum absolute atomic E-state index is 7.69. The molecular weight excluding hydrogens is 921 g/mol. The van der Waals surface area contributed by atoms with Gasteiger partial charge in [0.25, 0.3) is 0 Å². The Kier molecular flexibility index (Phi) is 10.2. The van der Waals surface area contributed by atoms with Gasteiger partial charge in [-0.15, -0.1) is 0 Å². The van der Waals surface area contributed by atoms with Gasteiger partial charge in [0, 0.05) is 59.2 Å². The molecule has 3 nitrogen and oxygen atoms in total. The Morgan fingerprint density at radius 2 is 0.671 bits per heavy atom. The molecule has 3 heteroatoms. The first kappa shape index (κ1) is 44.8. The zero-order chi connectivity index (χ0) is 51.2. The summed E-state index contributed by atoms with van der Waals surface area (Å²) in [6.45, 7) is 2.37. The second kappa shape index (κ2) is 17.4. The van der Waals surface area contributed by atoms with Crippen molar-refractivity contribution in [2.24, 2.45) is 5.41 Å². The molecule has 0 saturated carbocycles. The zero-order valence-corrected chi connectivity index (χ0v) is 41.8. The molecule has 0 heterocycles. The number of ether oxygens (including phenoxy) is 1. The minimum absolute atomic E-state index is 0.111. The van der Waals surface area contributed by atoms with Crippen LogP contribution in [-0.4, -0.2) is 0 Å². The summed E-state index contributed by atoms with van der Waals surface area (Å²) in [7, 11) is 0. The number of rotatable bonds is 8. The van der Waals surface area contributed by atoms with E-state index in [-0.39, 0.29) is 35.0 Å². The van der Waals surface area contributed by atoms with Gasteiger partial charge in [-0.3, -0.25) is 0 Å². The Labute approximate surface area is 445 Å². The molecule has 0 amide bonds. The molecule has 0 bridgehead atoms. The van der Waals surface area contributed by atoms with Crippen LogP contribution in [0, 0.1) is 55.3 Å². The van der Waals surface area contributed by atoms with E-state index in [4.69, 9.17) is 30.4 Å². The van der Waals surface area contributed by atoms with Gasteiger partial charge in [0.05, 0.1) is 11.4 Å². The molecule has 5 aliphatic rings. The summed E-state index contributed by atoms with van der Waals surface area (Å²) in [6, 6.07) is 81.3. The molecule has 14 rings (SSSR count). The number of anilines is 2. The van der Waals surface area contributed by atoms with Gasteiger partial charge in [-0.25, -0.2) is 9.80 Å². The first-order valence-electron chi connectivity index (χ1n) is 25.9. The summed E-state index contributed by atoms with van der Waals surface area (Å²) in [4.78, 5) is 3.29. The van der Waals surface area contributed by atoms with E-state index in [9.17, 15) is 0 Å². The SMILES string of the molecule is C#CN(C#C)c1c(C2c3ccccc3-c3ccccc32)cc(Oc2cc(C3c4ccccc4-c4ccccc43)c(N(C#C)C#C)c(C3c4ccccc4C4C=CC=CC43C)c2)cc1C1c2ccccc2-c2ccccc21. The van der Waals surface area contributed by atoms with Crippen LogP contribution in [0.2, 0.25) is 0 Å².